The number of amides is 3. The average Bonchev–Trinajstić information content (AvgIpc) is 3.01. The second kappa shape index (κ2) is 9.86. The number of nitrogens with one attached hydrogen (secondary N) is 2. The summed E-state index contributed by atoms with van der Waals surface area (Å²) in [5.41, 5.74) is 6.36. The van der Waals surface area contributed by atoms with Crippen LogP contribution >= 0.6 is 11.5 Å². The second-order valence-electron chi connectivity index (χ2n) is 8.15. The number of anilines is 1. The van der Waals surface area contributed by atoms with Crippen molar-refractivity contribution in [3.63, 3.8) is 0 Å². The average molecular weight is 438 g/mol. The Balaban J connectivity index is 2.04. The molecule has 164 valence electrons. The first-order valence-electron chi connectivity index (χ1n) is 9.35. The highest BCUT2D eigenvalue weighted by Gasteiger charge is 2.24. The van der Waals surface area contributed by atoms with Crippen molar-refractivity contribution in [2.24, 2.45) is 11.1 Å². The lowest BCUT2D eigenvalue weighted by Gasteiger charge is -2.28. The smallest absolute Gasteiger partial charge is 0.319 e. The zero-order valence-electron chi connectivity index (χ0n) is 17.8. The molecule has 1 heterocycles. The Kier molecular flexibility index (Phi) is 7.74. The third-order valence-corrected chi connectivity index (χ3v) is 4.92. The molecule has 0 saturated carbocycles. The number of carbonyl (C=O) groups excluding carboxylic acids is 2. The lowest BCUT2D eigenvalue weighted by Crippen LogP contribution is -2.41. The highest BCUT2D eigenvalue weighted by atomic mass is 32.1. The zero-order chi connectivity index (χ0) is 22.5. The molecule has 30 heavy (non-hydrogen) atoms. The first-order valence-corrected chi connectivity index (χ1v) is 10.1. The monoisotopic (exact) mass is 437 g/mol. The van der Waals surface area contributed by atoms with Gasteiger partial charge in [-0.25, -0.2) is 9.18 Å². The van der Waals surface area contributed by atoms with E-state index in [1.54, 1.807) is 19.1 Å². The number of aromatic nitrogens is 1. The summed E-state index contributed by atoms with van der Waals surface area (Å²) in [6.45, 7) is 6.94. The summed E-state index contributed by atoms with van der Waals surface area (Å²) >= 11 is 0.869. The molecule has 0 saturated heterocycles. The second-order valence-corrected chi connectivity index (χ2v) is 8.92. The molecule has 0 bridgehead atoms. The van der Waals surface area contributed by atoms with Crippen molar-refractivity contribution in [1.29, 1.82) is 0 Å². The molecule has 0 unspecified atom stereocenters. The summed E-state index contributed by atoms with van der Waals surface area (Å²) in [5, 5.41) is 5.55. The normalized spacial score (nSPS) is 11.4. The highest BCUT2D eigenvalue weighted by Crippen LogP contribution is 2.31. The Labute approximate surface area is 179 Å². The standard InChI is InChI=1S/C20H28FN5O3S/c1-12-6-7-13(14(21)8-12)9-29-17-15(16(22)27)18(30-25-17)24-19(28)23-10-20(2,3)11-26(4)5/h6-8H,9-11H2,1-5H3,(H2,22,27)(H2,23,24,28). The van der Waals surface area contributed by atoms with Crippen molar-refractivity contribution in [2.75, 3.05) is 32.5 Å². The summed E-state index contributed by atoms with van der Waals surface area (Å²) in [5.74, 6) is -1.26. The first-order chi connectivity index (χ1) is 14.0. The maximum absolute atomic E-state index is 14.0. The number of nitrogens with zero attached hydrogens (tertiary/aromatic N) is 2. The van der Waals surface area contributed by atoms with Crippen LogP contribution in [0.3, 0.4) is 0 Å². The van der Waals surface area contributed by atoms with Crippen LogP contribution in [0.1, 0.15) is 35.3 Å². The van der Waals surface area contributed by atoms with Crippen molar-refractivity contribution >= 4 is 28.5 Å². The molecule has 0 fully saturated rings. The van der Waals surface area contributed by atoms with E-state index >= 15 is 0 Å². The minimum atomic E-state index is -0.800. The molecule has 2 aromatic rings. The number of primary amides is 1. The molecule has 0 aliphatic heterocycles. The van der Waals surface area contributed by atoms with Crippen molar-refractivity contribution in [3.05, 3.63) is 40.7 Å². The van der Waals surface area contributed by atoms with Crippen molar-refractivity contribution in [1.82, 2.24) is 14.6 Å². The van der Waals surface area contributed by atoms with Gasteiger partial charge >= 0.3 is 6.03 Å². The molecule has 0 spiro atoms. The van der Waals surface area contributed by atoms with E-state index in [2.05, 4.69) is 15.0 Å². The summed E-state index contributed by atoms with van der Waals surface area (Å²) in [4.78, 5) is 26.2. The third kappa shape index (κ3) is 6.67. The van der Waals surface area contributed by atoms with Gasteiger partial charge < -0.3 is 20.7 Å². The Morgan fingerprint density at radius 1 is 1.33 bits per heavy atom. The number of rotatable bonds is 9. The van der Waals surface area contributed by atoms with Crippen LogP contribution in [0.25, 0.3) is 0 Å². The summed E-state index contributed by atoms with van der Waals surface area (Å²) in [6.07, 6.45) is 0. The predicted molar refractivity (Wildman–Crippen MR) is 115 cm³/mol. The van der Waals surface area contributed by atoms with E-state index in [-0.39, 0.29) is 28.5 Å². The maximum atomic E-state index is 14.0. The van der Waals surface area contributed by atoms with Gasteiger partial charge in [-0.1, -0.05) is 26.0 Å². The lowest BCUT2D eigenvalue weighted by molar-refractivity contribution is 0.0996. The number of aryl methyl sites for hydroxylation is 1. The molecule has 2 rings (SSSR count). The fraction of sp³-hybridized carbons (Fsp3) is 0.450. The molecule has 10 heteroatoms. The molecule has 3 amide bonds. The summed E-state index contributed by atoms with van der Waals surface area (Å²) in [6, 6.07) is 4.27. The van der Waals surface area contributed by atoms with E-state index in [1.807, 2.05) is 32.8 Å². The van der Waals surface area contributed by atoms with Crippen LogP contribution in [-0.4, -0.2) is 48.4 Å². The molecule has 4 N–H and O–H groups in total. The number of hydrogen-bond acceptors (Lipinski definition) is 6. The minimum absolute atomic E-state index is 0.0456. The minimum Gasteiger partial charge on any atom is -0.471 e. The van der Waals surface area contributed by atoms with Crippen LogP contribution < -0.4 is 21.1 Å². The van der Waals surface area contributed by atoms with Gasteiger partial charge in [0, 0.05) is 18.7 Å². The highest BCUT2D eigenvalue weighted by molar-refractivity contribution is 7.11. The van der Waals surface area contributed by atoms with Crippen molar-refractivity contribution in [3.8, 4) is 5.88 Å². The van der Waals surface area contributed by atoms with E-state index < -0.39 is 17.8 Å². The van der Waals surface area contributed by atoms with Crippen LogP contribution in [0.4, 0.5) is 14.2 Å². The molecule has 1 aromatic heterocycles. The molecule has 0 radical (unpaired) electrons. The predicted octanol–water partition coefficient (Wildman–Crippen LogP) is 2.98. The van der Waals surface area contributed by atoms with E-state index in [0.29, 0.717) is 12.1 Å². The summed E-state index contributed by atoms with van der Waals surface area (Å²) < 4.78 is 23.5. The number of hydrogen-bond donors (Lipinski definition) is 3. The maximum Gasteiger partial charge on any atom is 0.319 e. The van der Waals surface area contributed by atoms with Crippen molar-refractivity contribution < 1.29 is 18.7 Å². The molecule has 1 aromatic carbocycles. The van der Waals surface area contributed by atoms with Gasteiger partial charge in [-0.3, -0.25) is 10.1 Å². The number of nitrogens with two attached hydrogens (primary N) is 1. The Morgan fingerprint density at radius 3 is 2.63 bits per heavy atom. The topological polar surface area (TPSA) is 110 Å². The SMILES string of the molecule is Cc1ccc(COc2nsc(NC(=O)NCC(C)(C)CN(C)C)c2C(N)=O)c(F)c1. The van der Waals surface area contributed by atoms with Gasteiger partial charge in [0.05, 0.1) is 0 Å². The number of urea groups is 1. The van der Waals surface area contributed by atoms with Gasteiger partial charge in [0.1, 0.15) is 23.0 Å². The van der Waals surface area contributed by atoms with Crippen LogP contribution in [0.5, 0.6) is 5.88 Å². The quantitative estimate of drug-likeness (QED) is 0.559. The first kappa shape index (κ1) is 23.6. The third-order valence-electron chi connectivity index (χ3n) is 4.18. The van der Waals surface area contributed by atoms with Gasteiger partial charge in [-0.05, 0) is 49.6 Å². The molecule has 8 nitrogen and oxygen atoms in total. The molecular weight excluding hydrogens is 409 g/mol. The fourth-order valence-electron chi connectivity index (χ4n) is 2.97. The largest absolute Gasteiger partial charge is 0.471 e. The Morgan fingerprint density at radius 2 is 2.03 bits per heavy atom. The Hall–Kier alpha value is -2.72. The number of carbonyl (C=O) groups is 2. The van der Waals surface area contributed by atoms with Gasteiger partial charge in [0.15, 0.2) is 0 Å². The van der Waals surface area contributed by atoms with E-state index in [4.69, 9.17) is 10.5 Å². The van der Waals surface area contributed by atoms with Gasteiger partial charge in [-0.2, -0.15) is 4.37 Å². The molecule has 0 aliphatic rings. The number of halogens is 1. The molecule has 0 aliphatic carbocycles. The van der Waals surface area contributed by atoms with Gasteiger partial charge in [-0.15, -0.1) is 0 Å². The van der Waals surface area contributed by atoms with E-state index in [9.17, 15) is 14.0 Å². The number of ether oxygens (including phenoxy) is 1. The number of benzene rings is 1. The Bertz CT molecular complexity index is 914. The lowest BCUT2D eigenvalue weighted by atomic mass is 9.93. The zero-order valence-corrected chi connectivity index (χ0v) is 18.7. The van der Waals surface area contributed by atoms with Gasteiger partial charge in [0.25, 0.3) is 5.91 Å². The molecular formula is C20H28FN5O3S. The fourth-order valence-corrected chi connectivity index (χ4v) is 3.71. The van der Waals surface area contributed by atoms with E-state index in [1.165, 1.54) is 6.07 Å². The van der Waals surface area contributed by atoms with Crippen LogP contribution in [-0.2, 0) is 6.61 Å². The molecule has 0 atom stereocenters. The van der Waals surface area contributed by atoms with Gasteiger partial charge in [0.2, 0.25) is 5.88 Å². The van der Waals surface area contributed by atoms with Crippen LogP contribution in [0.2, 0.25) is 0 Å². The van der Waals surface area contributed by atoms with Crippen LogP contribution in [0, 0.1) is 18.2 Å². The summed E-state index contributed by atoms with van der Waals surface area (Å²) in [7, 11) is 3.92. The van der Waals surface area contributed by atoms with Crippen LogP contribution in [0.15, 0.2) is 18.2 Å². The van der Waals surface area contributed by atoms with E-state index in [0.717, 1.165) is 23.6 Å². The van der Waals surface area contributed by atoms with Crippen molar-refractivity contribution in [2.45, 2.75) is 27.4 Å².